The van der Waals surface area contributed by atoms with E-state index in [0.717, 1.165) is 48.2 Å². The molecule has 0 radical (unpaired) electrons. The number of benzene rings is 3. The minimum Gasteiger partial charge on any atom is -0.507 e. The van der Waals surface area contributed by atoms with Crippen molar-refractivity contribution in [3.05, 3.63) is 71.8 Å². The molecule has 0 bridgehead atoms. The zero-order valence-electron chi connectivity index (χ0n) is 14.0. The van der Waals surface area contributed by atoms with Crippen LogP contribution in [0.1, 0.15) is 11.1 Å². The first-order valence-corrected chi connectivity index (χ1v) is 8.67. The quantitative estimate of drug-likeness (QED) is 0.662. The van der Waals surface area contributed by atoms with Crippen molar-refractivity contribution >= 4 is 0 Å². The van der Waals surface area contributed by atoms with Gasteiger partial charge in [-0.15, -0.1) is 0 Å². The molecule has 0 aliphatic carbocycles. The lowest BCUT2D eigenvalue weighted by Gasteiger charge is -2.17. The number of hydrogen-bond donors (Lipinski definition) is 3. The Kier molecular flexibility index (Phi) is 4.16. The Morgan fingerprint density at radius 3 is 1.48 bits per heavy atom. The Bertz CT molecular complexity index is 843. The van der Waals surface area contributed by atoms with Gasteiger partial charge in [0, 0.05) is 11.1 Å². The highest BCUT2D eigenvalue weighted by Crippen LogP contribution is 2.41. The summed E-state index contributed by atoms with van der Waals surface area (Å²) >= 11 is 0. The first-order chi connectivity index (χ1) is 12.2. The average Bonchev–Trinajstić information content (AvgIpc) is 2.86. The molecule has 1 heterocycles. The fourth-order valence-electron chi connectivity index (χ4n) is 3.57. The molecular formula is C22H21NO2. The van der Waals surface area contributed by atoms with Gasteiger partial charge in [0.1, 0.15) is 11.5 Å². The van der Waals surface area contributed by atoms with Crippen LogP contribution >= 0.6 is 0 Å². The largest absolute Gasteiger partial charge is 0.507 e. The second-order valence-corrected chi connectivity index (χ2v) is 6.45. The fourth-order valence-corrected chi connectivity index (χ4v) is 3.57. The summed E-state index contributed by atoms with van der Waals surface area (Å²) in [5, 5.41) is 24.2. The summed E-state index contributed by atoms with van der Waals surface area (Å²) in [6.07, 6.45) is 1.94. The molecule has 0 unspecified atom stereocenters. The molecule has 126 valence electrons. The Hall–Kier alpha value is -2.78. The lowest BCUT2D eigenvalue weighted by Crippen LogP contribution is -2.16. The molecule has 0 spiro atoms. The number of para-hydroxylation sites is 2. The zero-order chi connectivity index (χ0) is 17.2. The number of phenolic OH excluding ortho intramolecular Hbond substituents is 2. The molecule has 25 heavy (non-hydrogen) atoms. The van der Waals surface area contributed by atoms with Crippen LogP contribution in [-0.4, -0.2) is 23.3 Å². The van der Waals surface area contributed by atoms with E-state index in [1.54, 1.807) is 12.1 Å². The van der Waals surface area contributed by atoms with Crippen LogP contribution in [0.3, 0.4) is 0 Å². The molecule has 3 heteroatoms. The number of nitrogens with one attached hydrogen (secondary N) is 1. The van der Waals surface area contributed by atoms with Crippen molar-refractivity contribution in [2.24, 2.45) is 0 Å². The fraction of sp³-hybridized carbons (Fsp3) is 0.182. The third-order valence-corrected chi connectivity index (χ3v) is 4.87. The van der Waals surface area contributed by atoms with Crippen LogP contribution in [0.15, 0.2) is 60.7 Å². The number of aromatic hydroxyl groups is 2. The van der Waals surface area contributed by atoms with Crippen molar-refractivity contribution < 1.29 is 10.2 Å². The maximum atomic E-state index is 10.4. The minimum atomic E-state index is 0.255. The van der Waals surface area contributed by atoms with E-state index in [0.29, 0.717) is 0 Å². The Labute approximate surface area is 147 Å². The summed E-state index contributed by atoms with van der Waals surface area (Å²) < 4.78 is 0. The van der Waals surface area contributed by atoms with Gasteiger partial charge >= 0.3 is 0 Å². The van der Waals surface area contributed by atoms with Crippen molar-refractivity contribution in [2.75, 3.05) is 13.1 Å². The smallest absolute Gasteiger partial charge is 0.123 e. The van der Waals surface area contributed by atoms with Crippen molar-refractivity contribution in [3.8, 4) is 33.8 Å². The molecule has 0 amide bonds. The number of phenols is 2. The van der Waals surface area contributed by atoms with Gasteiger partial charge in [0.25, 0.3) is 0 Å². The molecule has 1 aliphatic rings. The van der Waals surface area contributed by atoms with E-state index >= 15 is 0 Å². The van der Waals surface area contributed by atoms with Gasteiger partial charge in [0.2, 0.25) is 0 Å². The normalized spacial score (nSPS) is 13.9. The summed E-state index contributed by atoms with van der Waals surface area (Å²) in [5.74, 6) is 0.511. The summed E-state index contributed by atoms with van der Waals surface area (Å²) in [5.41, 5.74) is 6.12. The number of hydrogen-bond acceptors (Lipinski definition) is 3. The molecule has 3 N–H and O–H groups in total. The van der Waals surface area contributed by atoms with Crippen molar-refractivity contribution in [1.82, 2.24) is 5.32 Å². The molecular weight excluding hydrogens is 310 g/mol. The van der Waals surface area contributed by atoms with Gasteiger partial charge in [-0.1, -0.05) is 48.5 Å². The third kappa shape index (κ3) is 2.99. The highest BCUT2D eigenvalue weighted by molar-refractivity contribution is 5.89. The van der Waals surface area contributed by atoms with Gasteiger partial charge in [0.15, 0.2) is 0 Å². The maximum absolute atomic E-state index is 10.4. The van der Waals surface area contributed by atoms with Crippen LogP contribution in [0, 0.1) is 0 Å². The van der Waals surface area contributed by atoms with Gasteiger partial charge in [-0.05, 0) is 60.3 Å². The standard InChI is InChI=1S/C22H21NO2/c24-21-7-3-1-5-17(21)19-13-15-9-11-23-12-10-16(15)14-20(19)18-6-2-4-8-22(18)25/h1-8,13-14,23-25H,9-12H2. The topological polar surface area (TPSA) is 52.5 Å². The summed E-state index contributed by atoms with van der Waals surface area (Å²) in [4.78, 5) is 0. The molecule has 0 fully saturated rings. The second-order valence-electron chi connectivity index (χ2n) is 6.45. The molecule has 0 aromatic heterocycles. The van der Waals surface area contributed by atoms with Gasteiger partial charge in [-0.25, -0.2) is 0 Å². The van der Waals surface area contributed by atoms with Gasteiger partial charge in [-0.2, -0.15) is 0 Å². The highest BCUT2D eigenvalue weighted by Gasteiger charge is 2.18. The third-order valence-electron chi connectivity index (χ3n) is 4.87. The zero-order valence-corrected chi connectivity index (χ0v) is 14.0. The highest BCUT2D eigenvalue weighted by atomic mass is 16.3. The predicted molar refractivity (Wildman–Crippen MR) is 101 cm³/mol. The molecule has 3 nitrogen and oxygen atoms in total. The first-order valence-electron chi connectivity index (χ1n) is 8.67. The molecule has 3 aromatic rings. The molecule has 3 aromatic carbocycles. The number of fused-ring (bicyclic) bond motifs is 1. The Morgan fingerprint density at radius 1 is 0.600 bits per heavy atom. The molecule has 0 saturated heterocycles. The van der Waals surface area contributed by atoms with Gasteiger partial charge in [-0.3, -0.25) is 0 Å². The Morgan fingerprint density at radius 2 is 1.04 bits per heavy atom. The van der Waals surface area contributed by atoms with Crippen LogP contribution in [0.25, 0.3) is 22.3 Å². The SMILES string of the molecule is Oc1ccccc1-c1cc2c(cc1-c1ccccc1O)CCNCC2. The van der Waals surface area contributed by atoms with Crippen LogP contribution in [0.4, 0.5) is 0 Å². The van der Waals surface area contributed by atoms with E-state index in [-0.39, 0.29) is 11.5 Å². The summed E-state index contributed by atoms with van der Waals surface area (Å²) in [6, 6.07) is 19.1. The predicted octanol–water partition coefficient (Wildman–Crippen LogP) is 4.12. The van der Waals surface area contributed by atoms with E-state index in [9.17, 15) is 10.2 Å². The lowest BCUT2D eigenvalue weighted by atomic mass is 9.88. The second kappa shape index (κ2) is 6.61. The van der Waals surface area contributed by atoms with E-state index in [1.165, 1.54) is 11.1 Å². The van der Waals surface area contributed by atoms with Crippen molar-refractivity contribution in [2.45, 2.75) is 12.8 Å². The maximum Gasteiger partial charge on any atom is 0.123 e. The minimum absolute atomic E-state index is 0.255. The van der Waals surface area contributed by atoms with Crippen molar-refractivity contribution in [1.29, 1.82) is 0 Å². The van der Waals surface area contributed by atoms with Crippen LogP contribution in [0.2, 0.25) is 0 Å². The van der Waals surface area contributed by atoms with Gasteiger partial charge < -0.3 is 15.5 Å². The van der Waals surface area contributed by atoms with Crippen LogP contribution < -0.4 is 5.32 Å². The van der Waals surface area contributed by atoms with E-state index in [4.69, 9.17) is 0 Å². The molecule has 0 saturated carbocycles. The van der Waals surface area contributed by atoms with E-state index < -0.39 is 0 Å². The summed E-state index contributed by atoms with van der Waals surface area (Å²) in [7, 11) is 0. The van der Waals surface area contributed by atoms with Crippen LogP contribution in [0.5, 0.6) is 11.5 Å². The Balaban J connectivity index is 1.99. The van der Waals surface area contributed by atoms with Crippen molar-refractivity contribution in [3.63, 3.8) is 0 Å². The number of rotatable bonds is 2. The van der Waals surface area contributed by atoms with Crippen LogP contribution in [-0.2, 0) is 12.8 Å². The average molecular weight is 331 g/mol. The van der Waals surface area contributed by atoms with E-state index in [1.807, 2.05) is 36.4 Å². The monoisotopic (exact) mass is 331 g/mol. The van der Waals surface area contributed by atoms with Gasteiger partial charge in [0.05, 0.1) is 0 Å². The lowest BCUT2D eigenvalue weighted by molar-refractivity contribution is 0.476. The first kappa shape index (κ1) is 15.7. The van der Waals surface area contributed by atoms with E-state index in [2.05, 4.69) is 17.4 Å². The molecule has 0 atom stereocenters. The summed E-state index contributed by atoms with van der Waals surface area (Å²) in [6.45, 7) is 1.92. The molecule has 1 aliphatic heterocycles. The molecule has 4 rings (SSSR count).